The van der Waals surface area contributed by atoms with Gasteiger partial charge in [0.2, 0.25) is 0 Å². The summed E-state index contributed by atoms with van der Waals surface area (Å²) in [6, 6.07) is 4.70. The normalized spacial score (nSPS) is 20.1. The van der Waals surface area contributed by atoms with E-state index in [0.717, 1.165) is 18.5 Å². The number of phenols is 1. The molecule has 1 saturated heterocycles. The molecule has 5 heteroatoms. The number of rotatable bonds is 2. The standard InChI is InChI=1S/C9H10N2O3/c12-9-2-1-6(7-3-4-10-7)5-8(9)11(13)14/h1-2,5,7,10,12H,3-4H2/t7-/m1/s1. The van der Waals surface area contributed by atoms with Crippen LogP contribution in [0.4, 0.5) is 5.69 Å². The van der Waals surface area contributed by atoms with Gasteiger partial charge in [-0.15, -0.1) is 0 Å². The van der Waals surface area contributed by atoms with Gasteiger partial charge in [0.25, 0.3) is 0 Å². The molecule has 0 radical (unpaired) electrons. The first-order valence-electron chi connectivity index (χ1n) is 4.39. The number of nitrogens with zero attached hydrogens (tertiary/aromatic N) is 1. The molecule has 1 aromatic carbocycles. The SMILES string of the molecule is O=[N+]([O-])c1cc([C@H]2CCN2)ccc1O. The van der Waals surface area contributed by atoms with Crippen LogP contribution in [-0.4, -0.2) is 16.6 Å². The number of benzene rings is 1. The van der Waals surface area contributed by atoms with Crippen LogP contribution in [0.15, 0.2) is 18.2 Å². The summed E-state index contributed by atoms with van der Waals surface area (Å²) in [5, 5.41) is 22.9. The van der Waals surface area contributed by atoms with Crippen molar-refractivity contribution >= 4 is 5.69 Å². The Kier molecular flexibility index (Phi) is 2.09. The van der Waals surface area contributed by atoms with Crippen molar-refractivity contribution in [3.8, 4) is 5.75 Å². The van der Waals surface area contributed by atoms with E-state index in [4.69, 9.17) is 0 Å². The van der Waals surface area contributed by atoms with E-state index in [1.165, 1.54) is 12.1 Å². The maximum absolute atomic E-state index is 10.5. The van der Waals surface area contributed by atoms with Crippen molar-refractivity contribution in [1.29, 1.82) is 0 Å². The molecule has 5 nitrogen and oxygen atoms in total. The van der Waals surface area contributed by atoms with E-state index in [9.17, 15) is 15.2 Å². The predicted octanol–water partition coefficient (Wildman–Crippen LogP) is 1.33. The van der Waals surface area contributed by atoms with Crippen molar-refractivity contribution < 1.29 is 10.0 Å². The molecule has 1 aromatic rings. The largest absolute Gasteiger partial charge is 0.502 e. The van der Waals surface area contributed by atoms with E-state index in [0.29, 0.717) is 0 Å². The van der Waals surface area contributed by atoms with Crippen LogP contribution in [-0.2, 0) is 0 Å². The number of hydrogen-bond acceptors (Lipinski definition) is 4. The molecule has 2 rings (SSSR count). The summed E-state index contributed by atoms with van der Waals surface area (Å²) in [5.74, 6) is -0.280. The third kappa shape index (κ3) is 1.42. The number of hydrogen-bond donors (Lipinski definition) is 2. The Morgan fingerprint density at radius 1 is 1.57 bits per heavy atom. The first-order valence-corrected chi connectivity index (χ1v) is 4.39. The van der Waals surface area contributed by atoms with Gasteiger partial charge < -0.3 is 10.4 Å². The van der Waals surface area contributed by atoms with E-state index < -0.39 is 4.92 Å². The quantitative estimate of drug-likeness (QED) is 0.550. The van der Waals surface area contributed by atoms with Gasteiger partial charge >= 0.3 is 5.69 Å². The van der Waals surface area contributed by atoms with Crippen molar-refractivity contribution in [3.05, 3.63) is 33.9 Å². The van der Waals surface area contributed by atoms with Crippen LogP contribution >= 0.6 is 0 Å². The highest BCUT2D eigenvalue weighted by Gasteiger charge is 2.22. The minimum Gasteiger partial charge on any atom is -0.502 e. The van der Waals surface area contributed by atoms with Crippen LogP contribution in [0.25, 0.3) is 0 Å². The average molecular weight is 194 g/mol. The molecule has 0 aromatic heterocycles. The van der Waals surface area contributed by atoms with E-state index in [-0.39, 0.29) is 17.5 Å². The zero-order valence-corrected chi connectivity index (χ0v) is 7.43. The van der Waals surface area contributed by atoms with Crippen molar-refractivity contribution in [2.45, 2.75) is 12.5 Å². The highest BCUT2D eigenvalue weighted by Crippen LogP contribution is 2.31. The summed E-state index contributed by atoms with van der Waals surface area (Å²) < 4.78 is 0. The van der Waals surface area contributed by atoms with E-state index >= 15 is 0 Å². The van der Waals surface area contributed by atoms with Crippen molar-refractivity contribution in [2.75, 3.05) is 6.54 Å². The van der Waals surface area contributed by atoms with Crippen LogP contribution in [0.1, 0.15) is 18.0 Å². The summed E-state index contributed by atoms with van der Waals surface area (Å²) in [6.07, 6.45) is 0.988. The van der Waals surface area contributed by atoms with Gasteiger partial charge in [-0.25, -0.2) is 0 Å². The van der Waals surface area contributed by atoms with E-state index in [1.807, 2.05) is 0 Å². The Hall–Kier alpha value is -1.62. The number of nitrogens with one attached hydrogen (secondary N) is 1. The topological polar surface area (TPSA) is 75.4 Å². The van der Waals surface area contributed by atoms with Gasteiger partial charge in [-0.3, -0.25) is 10.1 Å². The molecule has 1 fully saturated rings. The summed E-state index contributed by atoms with van der Waals surface area (Å²) in [5.41, 5.74) is 0.636. The minimum atomic E-state index is -0.572. The molecule has 0 saturated carbocycles. The second-order valence-electron chi connectivity index (χ2n) is 3.30. The Balaban J connectivity index is 2.34. The molecule has 0 amide bonds. The van der Waals surface area contributed by atoms with Crippen LogP contribution in [0, 0.1) is 10.1 Å². The summed E-state index contributed by atoms with van der Waals surface area (Å²) in [4.78, 5) is 9.96. The zero-order chi connectivity index (χ0) is 10.1. The smallest absolute Gasteiger partial charge is 0.311 e. The molecular weight excluding hydrogens is 184 g/mol. The first kappa shape index (κ1) is 8.96. The van der Waals surface area contributed by atoms with Gasteiger partial charge in [0, 0.05) is 12.1 Å². The number of nitro groups is 1. The fourth-order valence-electron chi connectivity index (χ4n) is 1.48. The lowest BCUT2D eigenvalue weighted by molar-refractivity contribution is -0.385. The van der Waals surface area contributed by atoms with Gasteiger partial charge in [0.1, 0.15) is 0 Å². The lowest BCUT2D eigenvalue weighted by Crippen LogP contribution is -2.34. The summed E-state index contributed by atoms with van der Waals surface area (Å²) >= 11 is 0. The molecule has 0 bridgehead atoms. The fourth-order valence-corrected chi connectivity index (χ4v) is 1.48. The van der Waals surface area contributed by atoms with Crippen molar-refractivity contribution in [1.82, 2.24) is 5.32 Å². The van der Waals surface area contributed by atoms with E-state index in [2.05, 4.69) is 5.32 Å². The molecule has 1 aliphatic rings. The van der Waals surface area contributed by atoms with Crippen molar-refractivity contribution in [2.24, 2.45) is 0 Å². The molecular formula is C9H10N2O3. The lowest BCUT2D eigenvalue weighted by atomic mass is 9.97. The minimum absolute atomic E-state index is 0.203. The third-order valence-corrected chi connectivity index (χ3v) is 2.42. The molecule has 1 aliphatic heterocycles. The van der Waals surface area contributed by atoms with E-state index in [1.54, 1.807) is 6.07 Å². The van der Waals surface area contributed by atoms with Crippen LogP contribution in [0.2, 0.25) is 0 Å². The highest BCUT2D eigenvalue weighted by atomic mass is 16.6. The maximum atomic E-state index is 10.5. The number of phenolic OH excluding ortho intramolecular Hbond substituents is 1. The molecule has 1 heterocycles. The van der Waals surface area contributed by atoms with Crippen LogP contribution in [0.3, 0.4) is 0 Å². The van der Waals surface area contributed by atoms with Gasteiger partial charge in [-0.05, 0) is 24.6 Å². The molecule has 14 heavy (non-hydrogen) atoms. The number of nitro benzene ring substituents is 1. The van der Waals surface area contributed by atoms with Gasteiger partial charge in [-0.1, -0.05) is 6.07 Å². The molecule has 1 atom stereocenters. The molecule has 0 spiro atoms. The van der Waals surface area contributed by atoms with Gasteiger partial charge in [0.15, 0.2) is 5.75 Å². The summed E-state index contributed by atoms with van der Waals surface area (Å²) in [7, 11) is 0. The van der Waals surface area contributed by atoms with Gasteiger partial charge in [-0.2, -0.15) is 0 Å². The fraction of sp³-hybridized carbons (Fsp3) is 0.333. The zero-order valence-electron chi connectivity index (χ0n) is 7.43. The van der Waals surface area contributed by atoms with Gasteiger partial charge in [0.05, 0.1) is 4.92 Å². The van der Waals surface area contributed by atoms with Crippen LogP contribution < -0.4 is 5.32 Å². The van der Waals surface area contributed by atoms with Crippen LogP contribution in [0.5, 0.6) is 5.75 Å². The Bertz CT molecular complexity index is 374. The molecule has 2 N–H and O–H groups in total. The summed E-state index contributed by atoms with van der Waals surface area (Å²) in [6.45, 7) is 0.944. The Morgan fingerprint density at radius 2 is 2.29 bits per heavy atom. The molecule has 0 unspecified atom stereocenters. The Labute approximate surface area is 80.5 Å². The molecule has 74 valence electrons. The Morgan fingerprint density at radius 3 is 2.79 bits per heavy atom. The second-order valence-corrected chi connectivity index (χ2v) is 3.30. The lowest BCUT2D eigenvalue weighted by Gasteiger charge is -2.27. The maximum Gasteiger partial charge on any atom is 0.311 e. The highest BCUT2D eigenvalue weighted by molar-refractivity contribution is 5.48. The molecule has 0 aliphatic carbocycles. The average Bonchev–Trinajstić information content (AvgIpc) is 2.04. The third-order valence-electron chi connectivity index (χ3n) is 2.42. The number of aromatic hydroxyl groups is 1. The monoisotopic (exact) mass is 194 g/mol. The first-order chi connectivity index (χ1) is 6.68. The van der Waals surface area contributed by atoms with Crippen molar-refractivity contribution in [3.63, 3.8) is 0 Å². The predicted molar refractivity (Wildman–Crippen MR) is 50.1 cm³/mol. The second kappa shape index (κ2) is 3.26.